The summed E-state index contributed by atoms with van der Waals surface area (Å²) in [6.07, 6.45) is 3.58. The number of nitrogens with zero attached hydrogens (tertiary/aromatic N) is 2. The van der Waals surface area contributed by atoms with E-state index < -0.39 is 0 Å². The van der Waals surface area contributed by atoms with Crippen LogP contribution in [0.3, 0.4) is 0 Å². The number of nitriles is 1. The van der Waals surface area contributed by atoms with Gasteiger partial charge >= 0.3 is 0 Å². The highest BCUT2D eigenvalue weighted by molar-refractivity contribution is 5.78. The van der Waals surface area contributed by atoms with Crippen LogP contribution in [0.15, 0.2) is 0 Å². The lowest BCUT2D eigenvalue weighted by molar-refractivity contribution is -0.121. The largest absolute Gasteiger partial charge is 0.342 e. The number of rotatable bonds is 3. The van der Waals surface area contributed by atoms with Crippen LogP contribution in [-0.2, 0) is 4.79 Å². The summed E-state index contributed by atoms with van der Waals surface area (Å²) < 4.78 is 0. The molecule has 1 saturated carbocycles. The van der Waals surface area contributed by atoms with Gasteiger partial charge in [0.2, 0.25) is 5.91 Å². The topological polar surface area (TPSA) is 82.2 Å². The number of carbonyl (C=O) groups is 1. The Morgan fingerprint density at radius 1 is 1.47 bits per heavy atom. The summed E-state index contributed by atoms with van der Waals surface area (Å²) in [7, 11) is 0. The predicted molar refractivity (Wildman–Crippen MR) is 63.9 cm³/mol. The van der Waals surface area contributed by atoms with Crippen molar-refractivity contribution in [2.24, 2.45) is 17.6 Å². The number of carbonyl (C=O) groups excluding carboxylic acids is 1. The number of hydrogen-bond acceptors (Lipinski definition) is 4. The molecule has 3 unspecified atom stereocenters. The van der Waals surface area contributed by atoms with Crippen molar-refractivity contribution < 1.29 is 4.79 Å². The monoisotopic (exact) mass is 236 g/mol. The molecular formula is C12H20N4O. The summed E-state index contributed by atoms with van der Waals surface area (Å²) in [6, 6.07) is 2.22. The molecule has 0 aromatic carbocycles. The zero-order valence-corrected chi connectivity index (χ0v) is 10.1. The summed E-state index contributed by atoms with van der Waals surface area (Å²) in [4.78, 5) is 13.7. The molecule has 3 N–H and O–H groups in total. The molecular weight excluding hydrogens is 216 g/mol. The molecule has 2 aliphatic rings. The minimum Gasteiger partial charge on any atom is -0.342 e. The van der Waals surface area contributed by atoms with Gasteiger partial charge in [0, 0.05) is 19.1 Å². The second-order valence-electron chi connectivity index (χ2n) is 5.15. The van der Waals surface area contributed by atoms with E-state index in [0.29, 0.717) is 24.4 Å². The van der Waals surface area contributed by atoms with Crippen LogP contribution in [0.25, 0.3) is 0 Å². The maximum absolute atomic E-state index is 11.5. The molecule has 17 heavy (non-hydrogen) atoms. The van der Waals surface area contributed by atoms with Crippen LogP contribution in [0.1, 0.15) is 19.3 Å². The molecule has 0 spiro atoms. The summed E-state index contributed by atoms with van der Waals surface area (Å²) in [6.45, 7) is 2.42. The molecule has 2 fully saturated rings. The van der Waals surface area contributed by atoms with Gasteiger partial charge in [0.05, 0.1) is 12.6 Å². The predicted octanol–water partition coefficient (Wildman–Crippen LogP) is -0.315. The lowest BCUT2D eigenvalue weighted by Crippen LogP contribution is -2.39. The van der Waals surface area contributed by atoms with E-state index in [2.05, 4.69) is 10.2 Å². The number of nitrogens with one attached hydrogen (secondary N) is 1. The van der Waals surface area contributed by atoms with Crippen LogP contribution >= 0.6 is 0 Å². The van der Waals surface area contributed by atoms with Crippen molar-refractivity contribution in [2.45, 2.75) is 25.3 Å². The van der Waals surface area contributed by atoms with Crippen LogP contribution in [0.4, 0.5) is 0 Å². The second-order valence-corrected chi connectivity index (χ2v) is 5.15. The highest BCUT2D eigenvalue weighted by atomic mass is 16.2. The lowest BCUT2D eigenvalue weighted by atomic mass is 9.78. The first kappa shape index (κ1) is 12.3. The fourth-order valence-corrected chi connectivity index (χ4v) is 3.14. The van der Waals surface area contributed by atoms with Gasteiger partial charge in [0.25, 0.3) is 0 Å². The second kappa shape index (κ2) is 5.48. The van der Waals surface area contributed by atoms with Crippen molar-refractivity contribution in [1.29, 1.82) is 5.26 Å². The maximum Gasteiger partial charge on any atom is 0.235 e. The molecule has 1 amide bonds. The fourth-order valence-electron chi connectivity index (χ4n) is 3.14. The SMILES string of the molecule is N#CCNC(=O)CN1CC2CCCC(N)C2C1. The summed E-state index contributed by atoms with van der Waals surface area (Å²) >= 11 is 0. The van der Waals surface area contributed by atoms with Gasteiger partial charge in [-0.25, -0.2) is 0 Å². The Kier molecular flexibility index (Phi) is 3.97. The molecule has 5 nitrogen and oxygen atoms in total. The van der Waals surface area contributed by atoms with Gasteiger partial charge in [-0.15, -0.1) is 0 Å². The lowest BCUT2D eigenvalue weighted by Gasteiger charge is -2.29. The third-order valence-corrected chi connectivity index (χ3v) is 3.96. The number of hydrogen-bond donors (Lipinski definition) is 2. The van der Waals surface area contributed by atoms with E-state index in [0.717, 1.165) is 19.5 Å². The molecule has 1 aliphatic carbocycles. The third-order valence-electron chi connectivity index (χ3n) is 3.96. The van der Waals surface area contributed by atoms with Crippen LogP contribution in [-0.4, -0.2) is 43.0 Å². The summed E-state index contributed by atoms with van der Waals surface area (Å²) in [5.74, 6) is 1.17. The van der Waals surface area contributed by atoms with Crippen molar-refractivity contribution >= 4 is 5.91 Å². The molecule has 5 heteroatoms. The Bertz CT molecular complexity index is 325. The number of amides is 1. The van der Waals surface area contributed by atoms with E-state index >= 15 is 0 Å². The molecule has 0 aromatic rings. The molecule has 1 aliphatic heterocycles. The highest BCUT2D eigenvalue weighted by Gasteiger charge is 2.38. The van der Waals surface area contributed by atoms with Gasteiger partial charge in [0.15, 0.2) is 0 Å². The van der Waals surface area contributed by atoms with Crippen molar-refractivity contribution in [3.63, 3.8) is 0 Å². The van der Waals surface area contributed by atoms with E-state index in [1.807, 2.05) is 6.07 Å². The van der Waals surface area contributed by atoms with Gasteiger partial charge in [-0.3, -0.25) is 9.69 Å². The standard InChI is InChI=1S/C12H20N4O/c13-4-5-15-12(17)8-16-6-9-2-1-3-11(14)10(9)7-16/h9-11H,1-3,5-8,14H2,(H,15,17). The molecule has 94 valence electrons. The van der Waals surface area contributed by atoms with E-state index in [1.54, 1.807) is 0 Å². The summed E-state index contributed by atoms with van der Waals surface area (Å²) in [5, 5.41) is 11.0. The Labute approximate surface area is 102 Å². The van der Waals surface area contributed by atoms with Crippen molar-refractivity contribution in [3.05, 3.63) is 0 Å². The molecule has 1 heterocycles. The maximum atomic E-state index is 11.5. The quantitative estimate of drug-likeness (QED) is 0.658. The smallest absolute Gasteiger partial charge is 0.235 e. The Morgan fingerprint density at radius 3 is 3.00 bits per heavy atom. The molecule has 0 bridgehead atoms. The average molecular weight is 236 g/mol. The van der Waals surface area contributed by atoms with E-state index in [-0.39, 0.29) is 12.5 Å². The molecule has 3 atom stereocenters. The van der Waals surface area contributed by atoms with Crippen LogP contribution in [0, 0.1) is 23.2 Å². The first-order chi connectivity index (χ1) is 8.20. The van der Waals surface area contributed by atoms with Gasteiger partial charge in [-0.05, 0) is 24.7 Å². The number of likely N-dealkylation sites (tertiary alicyclic amines) is 1. The van der Waals surface area contributed by atoms with Crippen LogP contribution in [0.2, 0.25) is 0 Å². The van der Waals surface area contributed by atoms with Crippen molar-refractivity contribution in [3.8, 4) is 6.07 Å². The molecule has 0 aromatic heterocycles. The van der Waals surface area contributed by atoms with E-state index in [1.165, 1.54) is 12.8 Å². The molecule has 2 rings (SSSR count). The minimum atomic E-state index is -0.0567. The highest BCUT2D eigenvalue weighted by Crippen LogP contribution is 2.35. The third kappa shape index (κ3) is 2.96. The first-order valence-electron chi connectivity index (χ1n) is 6.32. The summed E-state index contributed by atoms with van der Waals surface area (Å²) in [5.41, 5.74) is 6.12. The van der Waals surface area contributed by atoms with Gasteiger partial charge in [0.1, 0.15) is 6.54 Å². The van der Waals surface area contributed by atoms with Crippen LogP contribution in [0.5, 0.6) is 0 Å². The van der Waals surface area contributed by atoms with Crippen molar-refractivity contribution in [1.82, 2.24) is 10.2 Å². The Balaban J connectivity index is 1.81. The molecule has 1 saturated heterocycles. The minimum absolute atomic E-state index is 0.0567. The van der Waals surface area contributed by atoms with Gasteiger partial charge in [-0.1, -0.05) is 6.42 Å². The zero-order valence-electron chi connectivity index (χ0n) is 10.1. The average Bonchev–Trinajstić information content (AvgIpc) is 2.70. The van der Waals surface area contributed by atoms with Gasteiger partial charge < -0.3 is 11.1 Å². The number of nitrogens with two attached hydrogens (primary N) is 1. The Hall–Kier alpha value is -1.12. The normalized spacial score (nSPS) is 32.8. The Morgan fingerprint density at radius 2 is 2.29 bits per heavy atom. The van der Waals surface area contributed by atoms with E-state index in [4.69, 9.17) is 11.0 Å². The zero-order chi connectivity index (χ0) is 12.3. The van der Waals surface area contributed by atoms with Crippen LogP contribution < -0.4 is 11.1 Å². The molecule has 0 radical (unpaired) electrons. The fraction of sp³-hybridized carbons (Fsp3) is 0.833. The van der Waals surface area contributed by atoms with Crippen molar-refractivity contribution in [2.75, 3.05) is 26.2 Å². The van der Waals surface area contributed by atoms with Gasteiger partial charge in [-0.2, -0.15) is 5.26 Å². The van der Waals surface area contributed by atoms with E-state index in [9.17, 15) is 4.79 Å². The first-order valence-corrected chi connectivity index (χ1v) is 6.32. The number of fused-ring (bicyclic) bond motifs is 1.